The van der Waals surface area contributed by atoms with Gasteiger partial charge >= 0.3 is 39.9 Å². The molecule has 0 aliphatic carbocycles. The maximum Gasteiger partial charge on any atom is 2.00 e. The molecule has 0 saturated heterocycles. The second kappa shape index (κ2) is 59.8. The molecule has 2 radical (unpaired) electrons. The smallest absolute Gasteiger partial charge is 2.00 e. The fourth-order valence-corrected chi connectivity index (χ4v) is 0. The monoisotopic (exact) mass is 249 g/mol. The van der Waals surface area contributed by atoms with Crippen molar-refractivity contribution in [1.29, 1.82) is 5.16 Å². The number of hydrogen-bond acceptors (Lipinski definition) is 1. The molecule has 18 valence electrons. The molecular formula is BNOPb. The van der Waals surface area contributed by atoms with Crippen molar-refractivity contribution in [2.24, 2.45) is 0 Å². The van der Waals surface area contributed by atoms with E-state index in [0.717, 1.165) is 0 Å². The van der Waals surface area contributed by atoms with E-state index in [9.17, 15) is 0 Å². The van der Waals surface area contributed by atoms with Crippen molar-refractivity contribution >= 4 is 34.8 Å². The average molecular weight is 248 g/mol. The van der Waals surface area contributed by atoms with Crippen LogP contribution >= 0.6 is 0 Å². The molecule has 0 aromatic heterocycles. The van der Waals surface area contributed by atoms with Gasteiger partial charge in [0, 0.05) is 0 Å². The second-order valence-electron chi connectivity index (χ2n) is 0. The van der Waals surface area contributed by atoms with Crippen molar-refractivity contribution in [2.75, 3.05) is 0 Å². The van der Waals surface area contributed by atoms with Crippen LogP contribution in [0.15, 0.2) is 0 Å². The maximum atomic E-state index is 6.50. The SMILES string of the molecule is B#N.[O-2].[Pb+2]. The molecule has 0 aliphatic rings. The number of nitrogens with zero attached hydrogens (tertiary/aromatic N) is 1. The average Bonchev–Trinajstić information content (AvgIpc) is 1.00. The molecule has 0 aromatic rings. The van der Waals surface area contributed by atoms with Gasteiger partial charge in [-0.3, -0.25) is 0 Å². The number of hydrogen-bond donors (Lipinski definition) is 0. The largest absolute Gasteiger partial charge is 2.00 e. The van der Waals surface area contributed by atoms with E-state index >= 15 is 0 Å². The zero-order valence-corrected chi connectivity index (χ0v) is 5.82. The van der Waals surface area contributed by atoms with Crippen molar-refractivity contribution in [3.05, 3.63) is 0 Å². The molecule has 0 amide bonds. The molecule has 0 aromatic carbocycles. The van der Waals surface area contributed by atoms with Gasteiger partial charge in [-0.25, -0.2) is 0 Å². The van der Waals surface area contributed by atoms with Crippen molar-refractivity contribution in [1.82, 2.24) is 0 Å². The zero-order valence-electron chi connectivity index (χ0n) is 1.93. The fourth-order valence-electron chi connectivity index (χ4n) is 0. The third-order valence-electron chi connectivity index (χ3n) is 0. The predicted octanol–water partition coefficient (Wildman–Crippen LogP) is -0.865. The molecule has 4 heteroatoms. The van der Waals surface area contributed by atoms with Crippen LogP contribution in [0, 0.1) is 5.16 Å². The summed E-state index contributed by atoms with van der Waals surface area (Å²) in [6, 6.07) is 0. The Kier molecular flexibility index (Phi) is 339. The zero-order chi connectivity index (χ0) is 2.00. The first-order valence-corrected chi connectivity index (χ1v) is 0.258. The maximum absolute atomic E-state index is 6.50. The summed E-state index contributed by atoms with van der Waals surface area (Å²) in [6.45, 7) is 0. The minimum absolute atomic E-state index is 0. The Balaban J connectivity index is -0.00000000500. The van der Waals surface area contributed by atoms with Crippen molar-refractivity contribution < 1.29 is 5.48 Å². The third kappa shape index (κ3) is 16.9. The molecule has 0 aliphatic heterocycles. The van der Waals surface area contributed by atoms with Gasteiger partial charge in [0.1, 0.15) is 0 Å². The van der Waals surface area contributed by atoms with Crippen LogP contribution < -0.4 is 0 Å². The molecule has 0 atom stereocenters. The Morgan fingerprint density at radius 1 is 1.25 bits per heavy atom. The first-order valence-electron chi connectivity index (χ1n) is 0.258. The molecule has 0 N–H and O–H groups in total. The normalized spacial score (nSPS) is 1.25. The van der Waals surface area contributed by atoms with Gasteiger partial charge in [-0.15, -0.1) is 0 Å². The molecule has 0 unspecified atom stereocenters. The number of rotatable bonds is 0. The predicted molar refractivity (Wildman–Crippen MR) is 13.9 cm³/mol. The molecule has 0 fully saturated rings. The van der Waals surface area contributed by atoms with E-state index in [4.69, 9.17) is 5.16 Å². The van der Waals surface area contributed by atoms with Gasteiger partial charge in [0.05, 0.1) is 0 Å². The van der Waals surface area contributed by atoms with E-state index in [-0.39, 0.29) is 32.8 Å². The van der Waals surface area contributed by atoms with Crippen LogP contribution in [0.5, 0.6) is 0 Å². The summed E-state index contributed by atoms with van der Waals surface area (Å²) in [5.74, 6) is 0. The minimum Gasteiger partial charge on any atom is -2.00 e. The molecule has 0 saturated carbocycles. The summed E-state index contributed by atoms with van der Waals surface area (Å²) >= 11 is 0. The van der Waals surface area contributed by atoms with Crippen LogP contribution in [-0.4, -0.2) is 34.8 Å². The summed E-state index contributed by atoms with van der Waals surface area (Å²) in [4.78, 5) is 0. The molecule has 2 nitrogen and oxygen atoms in total. The van der Waals surface area contributed by atoms with Gasteiger partial charge in [-0.05, 0) is 0 Å². The van der Waals surface area contributed by atoms with Crippen LogP contribution in [-0.2, 0) is 5.48 Å². The minimum atomic E-state index is 0. The van der Waals surface area contributed by atoms with Crippen LogP contribution in [0.3, 0.4) is 0 Å². The summed E-state index contributed by atoms with van der Waals surface area (Å²) < 4.78 is 0. The van der Waals surface area contributed by atoms with E-state index < -0.39 is 0 Å². The first kappa shape index (κ1) is 22.7. The second-order valence-corrected chi connectivity index (χ2v) is 0. The van der Waals surface area contributed by atoms with E-state index in [2.05, 4.69) is 7.49 Å². The van der Waals surface area contributed by atoms with Crippen molar-refractivity contribution in [3.63, 3.8) is 0 Å². The standard InChI is InChI=1S/BN.O.Pb/c1-2;;/q;-2;+2. The summed E-state index contributed by atoms with van der Waals surface area (Å²) in [7, 11) is 3.50. The Morgan fingerprint density at radius 2 is 1.25 bits per heavy atom. The van der Waals surface area contributed by atoms with Crippen LogP contribution in [0.1, 0.15) is 0 Å². The van der Waals surface area contributed by atoms with Gasteiger partial charge in [0.25, 0.3) is 0 Å². The molecule has 4 heavy (non-hydrogen) atoms. The Bertz CT molecular complexity index is 12.8. The summed E-state index contributed by atoms with van der Waals surface area (Å²) in [6.07, 6.45) is 0. The topological polar surface area (TPSA) is 52.3 Å². The van der Waals surface area contributed by atoms with Gasteiger partial charge in [-0.1, -0.05) is 0 Å². The van der Waals surface area contributed by atoms with Crippen LogP contribution in [0.25, 0.3) is 0 Å². The van der Waals surface area contributed by atoms with Crippen molar-refractivity contribution in [2.45, 2.75) is 0 Å². The summed E-state index contributed by atoms with van der Waals surface area (Å²) in [5, 5.41) is 6.50. The molecule has 0 rings (SSSR count). The fraction of sp³-hybridized carbons (Fsp3) is 0. The molecule has 0 spiro atoms. The van der Waals surface area contributed by atoms with Gasteiger partial charge in [0.2, 0.25) is 0 Å². The molecule has 0 bridgehead atoms. The van der Waals surface area contributed by atoms with Crippen molar-refractivity contribution in [3.8, 4) is 0 Å². The summed E-state index contributed by atoms with van der Waals surface area (Å²) in [5.41, 5.74) is 0. The Hall–Kier alpha value is 0.657. The van der Waals surface area contributed by atoms with Crippen LogP contribution in [0.4, 0.5) is 0 Å². The Labute approximate surface area is 45.7 Å². The Morgan fingerprint density at radius 3 is 1.25 bits per heavy atom. The van der Waals surface area contributed by atoms with E-state index in [0.29, 0.717) is 0 Å². The van der Waals surface area contributed by atoms with E-state index in [1.54, 1.807) is 0 Å². The van der Waals surface area contributed by atoms with E-state index in [1.807, 2.05) is 0 Å². The van der Waals surface area contributed by atoms with Gasteiger partial charge < -0.3 is 5.48 Å². The first-order chi connectivity index (χ1) is 1.00. The van der Waals surface area contributed by atoms with Gasteiger partial charge in [-0.2, -0.15) is 0 Å². The van der Waals surface area contributed by atoms with Crippen LogP contribution in [0.2, 0.25) is 0 Å². The molecule has 0 heterocycles. The van der Waals surface area contributed by atoms with E-state index in [1.165, 1.54) is 0 Å². The van der Waals surface area contributed by atoms with Gasteiger partial charge in [0.15, 0.2) is 0 Å². The quantitative estimate of drug-likeness (QED) is 0.514. The third-order valence-corrected chi connectivity index (χ3v) is 0. The molecular weight excluding hydrogens is 248 g/mol.